The van der Waals surface area contributed by atoms with Crippen molar-refractivity contribution < 1.29 is 9.90 Å². The number of carboxylic acid groups (broad SMARTS) is 1. The molecule has 0 fully saturated rings. The van der Waals surface area contributed by atoms with Crippen LogP contribution in [0.15, 0.2) is 22.4 Å². The van der Waals surface area contributed by atoms with Crippen LogP contribution in [0.4, 0.5) is 0 Å². The van der Waals surface area contributed by atoms with E-state index in [-0.39, 0.29) is 5.56 Å². The van der Waals surface area contributed by atoms with Crippen LogP contribution in [0.5, 0.6) is 0 Å². The fourth-order valence-corrected chi connectivity index (χ4v) is 2.97. The van der Waals surface area contributed by atoms with Gasteiger partial charge in [-0.25, -0.2) is 9.78 Å². The van der Waals surface area contributed by atoms with Gasteiger partial charge in [-0.3, -0.25) is 4.79 Å². The summed E-state index contributed by atoms with van der Waals surface area (Å²) in [7, 11) is 0. The van der Waals surface area contributed by atoms with E-state index in [1.807, 2.05) is 5.38 Å². The van der Waals surface area contributed by atoms with Crippen LogP contribution in [0.2, 0.25) is 0 Å². The molecule has 0 amide bonds. The predicted octanol–water partition coefficient (Wildman–Crippen LogP) is 2.68. The molecule has 5 nitrogen and oxygen atoms in total. The summed E-state index contributed by atoms with van der Waals surface area (Å²) in [6.07, 6.45) is 2.26. The third-order valence-electron chi connectivity index (χ3n) is 3.32. The summed E-state index contributed by atoms with van der Waals surface area (Å²) in [6.45, 7) is 6.24. The van der Waals surface area contributed by atoms with Gasteiger partial charge in [-0.1, -0.05) is 13.8 Å². The average molecular weight is 306 g/mol. The van der Waals surface area contributed by atoms with E-state index >= 15 is 0 Å². The number of hydrogen-bond donors (Lipinski definition) is 1. The number of carboxylic acids is 1. The van der Waals surface area contributed by atoms with Gasteiger partial charge < -0.3 is 9.67 Å². The molecule has 0 aliphatic heterocycles. The maximum atomic E-state index is 12.1. The van der Waals surface area contributed by atoms with Gasteiger partial charge in [0.05, 0.1) is 10.7 Å². The Morgan fingerprint density at radius 2 is 2.19 bits per heavy atom. The molecule has 0 atom stereocenters. The summed E-state index contributed by atoms with van der Waals surface area (Å²) < 4.78 is 1.44. The van der Waals surface area contributed by atoms with Crippen molar-refractivity contribution in [2.75, 3.05) is 0 Å². The van der Waals surface area contributed by atoms with Gasteiger partial charge in [0, 0.05) is 24.5 Å². The predicted molar refractivity (Wildman–Crippen MR) is 82.3 cm³/mol. The van der Waals surface area contributed by atoms with Crippen molar-refractivity contribution >= 4 is 17.3 Å². The summed E-state index contributed by atoms with van der Waals surface area (Å²) in [5, 5.41) is 12.1. The van der Waals surface area contributed by atoms with Crippen LogP contribution in [-0.2, 0) is 13.0 Å². The van der Waals surface area contributed by atoms with Gasteiger partial charge in [-0.15, -0.1) is 11.3 Å². The standard InChI is InChI=1S/C15H18N2O3S/c1-9(2)11-8-21-12(16-11)5-7-17-6-4-10(3)13(14(17)18)15(19)20/h4,6,8-9H,5,7H2,1-3H3,(H,19,20). The molecule has 0 bridgehead atoms. The monoisotopic (exact) mass is 306 g/mol. The molecule has 2 rings (SSSR count). The number of hydrogen-bond acceptors (Lipinski definition) is 4. The molecule has 112 valence electrons. The van der Waals surface area contributed by atoms with E-state index in [1.165, 1.54) is 4.57 Å². The van der Waals surface area contributed by atoms with Crippen LogP contribution in [0.3, 0.4) is 0 Å². The van der Waals surface area contributed by atoms with Gasteiger partial charge in [0.2, 0.25) is 0 Å². The lowest BCUT2D eigenvalue weighted by Gasteiger charge is -2.07. The molecule has 0 spiro atoms. The molecule has 2 aromatic heterocycles. The third kappa shape index (κ3) is 3.39. The molecule has 0 aliphatic rings. The minimum Gasteiger partial charge on any atom is -0.477 e. The van der Waals surface area contributed by atoms with Gasteiger partial charge in [0.1, 0.15) is 5.56 Å². The zero-order valence-corrected chi connectivity index (χ0v) is 13.1. The smallest absolute Gasteiger partial charge is 0.341 e. The lowest BCUT2D eigenvalue weighted by Crippen LogP contribution is -2.27. The van der Waals surface area contributed by atoms with E-state index in [0.29, 0.717) is 24.4 Å². The van der Waals surface area contributed by atoms with E-state index in [2.05, 4.69) is 18.8 Å². The molecule has 0 saturated carbocycles. The number of nitrogens with zero attached hydrogens (tertiary/aromatic N) is 2. The molecule has 21 heavy (non-hydrogen) atoms. The molecular weight excluding hydrogens is 288 g/mol. The van der Waals surface area contributed by atoms with Gasteiger partial charge in [-0.2, -0.15) is 0 Å². The number of aromatic carboxylic acids is 1. The van der Waals surface area contributed by atoms with Crippen molar-refractivity contribution in [1.82, 2.24) is 9.55 Å². The normalized spacial score (nSPS) is 11.0. The van der Waals surface area contributed by atoms with Crippen molar-refractivity contribution in [3.8, 4) is 0 Å². The lowest BCUT2D eigenvalue weighted by molar-refractivity contribution is 0.0693. The van der Waals surface area contributed by atoms with E-state index in [1.54, 1.807) is 30.5 Å². The molecule has 2 heterocycles. The number of aryl methyl sites for hydroxylation is 3. The first-order valence-electron chi connectivity index (χ1n) is 6.77. The summed E-state index contributed by atoms with van der Waals surface area (Å²) in [5.74, 6) is -0.793. The van der Waals surface area contributed by atoms with E-state index in [4.69, 9.17) is 5.11 Å². The van der Waals surface area contributed by atoms with Crippen LogP contribution >= 0.6 is 11.3 Å². The fourth-order valence-electron chi connectivity index (χ4n) is 2.02. The highest BCUT2D eigenvalue weighted by Crippen LogP contribution is 2.18. The van der Waals surface area contributed by atoms with Crippen LogP contribution in [0.25, 0.3) is 0 Å². The zero-order valence-electron chi connectivity index (χ0n) is 12.3. The molecule has 2 aromatic rings. The Hall–Kier alpha value is -1.95. The second kappa shape index (κ2) is 6.22. The number of rotatable bonds is 5. The van der Waals surface area contributed by atoms with Crippen molar-refractivity contribution in [1.29, 1.82) is 0 Å². The third-order valence-corrected chi connectivity index (χ3v) is 4.24. The van der Waals surface area contributed by atoms with Crippen LogP contribution in [-0.4, -0.2) is 20.6 Å². The first kappa shape index (κ1) is 15.4. The minimum absolute atomic E-state index is 0.153. The summed E-state index contributed by atoms with van der Waals surface area (Å²) in [6, 6.07) is 1.66. The number of pyridine rings is 1. The molecular formula is C15H18N2O3S. The average Bonchev–Trinajstić information content (AvgIpc) is 2.86. The van der Waals surface area contributed by atoms with E-state index in [0.717, 1.165) is 10.7 Å². The Labute approximate surface area is 126 Å². The highest BCUT2D eigenvalue weighted by Gasteiger charge is 2.14. The first-order valence-corrected chi connectivity index (χ1v) is 7.65. The Morgan fingerprint density at radius 1 is 1.48 bits per heavy atom. The van der Waals surface area contributed by atoms with Crippen molar-refractivity contribution in [2.24, 2.45) is 0 Å². The summed E-state index contributed by atoms with van der Waals surface area (Å²) >= 11 is 1.57. The van der Waals surface area contributed by atoms with Crippen molar-refractivity contribution in [2.45, 2.75) is 39.7 Å². The molecule has 0 aromatic carbocycles. The summed E-state index contributed by atoms with van der Waals surface area (Å²) in [4.78, 5) is 27.8. The lowest BCUT2D eigenvalue weighted by atomic mass is 10.1. The van der Waals surface area contributed by atoms with Crippen LogP contribution in [0, 0.1) is 6.92 Å². The number of aromatic nitrogens is 2. The van der Waals surface area contributed by atoms with Crippen molar-refractivity contribution in [3.63, 3.8) is 0 Å². The quantitative estimate of drug-likeness (QED) is 0.922. The Balaban J connectivity index is 2.18. The zero-order chi connectivity index (χ0) is 15.6. The second-order valence-electron chi connectivity index (χ2n) is 5.25. The molecule has 1 N–H and O–H groups in total. The van der Waals surface area contributed by atoms with Gasteiger partial charge >= 0.3 is 5.97 Å². The Kier molecular flexibility index (Phi) is 4.57. The maximum Gasteiger partial charge on any atom is 0.341 e. The molecule has 6 heteroatoms. The Morgan fingerprint density at radius 3 is 2.76 bits per heavy atom. The summed E-state index contributed by atoms with van der Waals surface area (Å²) in [5.41, 5.74) is 0.931. The number of thiazole rings is 1. The highest BCUT2D eigenvalue weighted by molar-refractivity contribution is 7.09. The van der Waals surface area contributed by atoms with Crippen LogP contribution in [0.1, 0.15) is 46.4 Å². The first-order chi connectivity index (χ1) is 9.90. The molecule has 0 aliphatic carbocycles. The van der Waals surface area contributed by atoms with Gasteiger partial charge in [0.15, 0.2) is 0 Å². The molecule has 0 saturated heterocycles. The van der Waals surface area contributed by atoms with E-state index in [9.17, 15) is 9.59 Å². The number of carbonyl (C=O) groups is 1. The van der Waals surface area contributed by atoms with Crippen molar-refractivity contribution in [3.05, 3.63) is 49.8 Å². The van der Waals surface area contributed by atoms with E-state index < -0.39 is 11.5 Å². The minimum atomic E-state index is -1.18. The highest BCUT2D eigenvalue weighted by atomic mass is 32.1. The topological polar surface area (TPSA) is 72.2 Å². The molecule has 0 radical (unpaired) electrons. The maximum absolute atomic E-state index is 12.1. The second-order valence-corrected chi connectivity index (χ2v) is 6.19. The molecule has 0 unspecified atom stereocenters. The SMILES string of the molecule is Cc1ccn(CCc2nc(C(C)C)cs2)c(=O)c1C(=O)O. The van der Waals surface area contributed by atoms with Gasteiger partial charge in [0.25, 0.3) is 5.56 Å². The van der Waals surface area contributed by atoms with Crippen LogP contribution < -0.4 is 5.56 Å². The largest absolute Gasteiger partial charge is 0.477 e. The van der Waals surface area contributed by atoms with Gasteiger partial charge in [-0.05, 0) is 24.5 Å². The fraction of sp³-hybridized carbons (Fsp3) is 0.400. The Bertz CT molecular complexity index is 716.